The van der Waals surface area contributed by atoms with Crippen LogP contribution in [0.2, 0.25) is 0 Å². The van der Waals surface area contributed by atoms with Gasteiger partial charge in [-0.25, -0.2) is 8.42 Å². The van der Waals surface area contributed by atoms with Crippen LogP contribution in [0, 0.1) is 0 Å². The molecule has 1 rings (SSSR count). The van der Waals surface area contributed by atoms with Gasteiger partial charge in [-0.2, -0.15) is 0 Å². The van der Waals surface area contributed by atoms with Gasteiger partial charge in [0.15, 0.2) is 9.84 Å². The van der Waals surface area contributed by atoms with Crippen LogP contribution in [0.3, 0.4) is 0 Å². The number of rotatable bonds is 6. The Bertz CT molecular complexity index is 512. The number of anilines is 1. The van der Waals surface area contributed by atoms with Crippen molar-refractivity contribution < 1.29 is 13.2 Å². The van der Waals surface area contributed by atoms with Crippen molar-refractivity contribution in [1.82, 2.24) is 5.32 Å². The summed E-state index contributed by atoms with van der Waals surface area (Å²) in [5, 5.41) is 5.62. The maximum absolute atomic E-state index is 11.5. The van der Waals surface area contributed by atoms with Crippen LogP contribution < -0.4 is 10.6 Å². The van der Waals surface area contributed by atoms with E-state index in [1.165, 1.54) is 12.1 Å². The molecule has 0 unspecified atom stereocenters. The van der Waals surface area contributed by atoms with Crippen molar-refractivity contribution in [2.45, 2.75) is 18.2 Å². The average Bonchev–Trinajstić information content (AvgIpc) is 2.28. The van der Waals surface area contributed by atoms with Gasteiger partial charge in [0, 0.05) is 11.9 Å². The minimum absolute atomic E-state index is 0.186. The van der Waals surface area contributed by atoms with Gasteiger partial charge in [0.2, 0.25) is 5.91 Å². The van der Waals surface area contributed by atoms with Crippen molar-refractivity contribution >= 4 is 21.4 Å². The average molecular weight is 270 g/mol. The summed E-state index contributed by atoms with van der Waals surface area (Å²) in [4.78, 5) is 11.7. The molecule has 1 aromatic carbocycles. The van der Waals surface area contributed by atoms with E-state index in [9.17, 15) is 13.2 Å². The van der Waals surface area contributed by atoms with E-state index in [2.05, 4.69) is 10.6 Å². The Labute approximate surface area is 108 Å². The molecule has 0 saturated heterocycles. The molecule has 1 amide bonds. The molecule has 0 aliphatic rings. The molecule has 0 radical (unpaired) electrons. The van der Waals surface area contributed by atoms with Gasteiger partial charge in [-0.05, 0) is 31.2 Å². The molecule has 0 saturated carbocycles. The van der Waals surface area contributed by atoms with Crippen molar-refractivity contribution in [1.29, 1.82) is 0 Å². The molecule has 0 aliphatic heterocycles. The number of nitrogens with one attached hydrogen (secondary N) is 2. The first kappa shape index (κ1) is 14.7. The lowest BCUT2D eigenvalue weighted by atomic mass is 10.3. The second kappa shape index (κ2) is 6.51. The Hall–Kier alpha value is -1.40. The van der Waals surface area contributed by atoms with Crippen molar-refractivity contribution in [2.75, 3.05) is 24.7 Å². The van der Waals surface area contributed by atoms with Crippen molar-refractivity contribution in [3.8, 4) is 0 Å². The highest BCUT2D eigenvalue weighted by atomic mass is 32.2. The minimum Gasteiger partial charge on any atom is -0.325 e. The molecular weight excluding hydrogens is 252 g/mol. The zero-order valence-electron chi connectivity index (χ0n) is 10.6. The Morgan fingerprint density at radius 2 is 2.06 bits per heavy atom. The van der Waals surface area contributed by atoms with Crippen LogP contribution in [0.25, 0.3) is 0 Å². The summed E-state index contributed by atoms with van der Waals surface area (Å²) >= 11 is 0. The van der Waals surface area contributed by atoms with E-state index in [1.54, 1.807) is 12.1 Å². The normalized spacial score (nSPS) is 11.2. The molecule has 5 nitrogen and oxygen atoms in total. The topological polar surface area (TPSA) is 75.3 Å². The van der Waals surface area contributed by atoms with Crippen LogP contribution in [0.5, 0.6) is 0 Å². The third kappa shape index (κ3) is 4.85. The van der Waals surface area contributed by atoms with Gasteiger partial charge in [-0.15, -0.1) is 0 Å². The standard InChI is InChI=1S/C12H18N2O3S/c1-3-7-13-9-12(15)14-10-5-4-6-11(8-10)18(2,16)17/h4-6,8,13H,3,7,9H2,1-2H3,(H,14,15). The van der Waals surface area contributed by atoms with E-state index in [0.29, 0.717) is 5.69 Å². The molecule has 0 bridgehead atoms. The van der Waals surface area contributed by atoms with Crippen LogP contribution in [0.4, 0.5) is 5.69 Å². The van der Waals surface area contributed by atoms with Crippen molar-refractivity contribution in [3.05, 3.63) is 24.3 Å². The van der Waals surface area contributed by atoms with E-state index in [4.69, 9.17) is 0 Å². The molecule has 18 heavy (non-hydrogen) atoms. The van der Waals surface area contributed by atoms with Gasteiger partial charge in [-0.3, -0.25) is 4.79 Å². The zero-order chi connectivity index (χ0) is 13.6. The summed E-state index contributed by atoms with van der Waals surface area (Å²) in [6.07, 6.45) is 2.09. The second-order valence-corrected chi connectivity index (χ2v) is 6.04. The molecule has 100 valence electrons. The van der Waals surface area contributed by atoms with Crippen LogP contribution >= 0.6 is 0 Å². The number of hydrogen-bond acceptors (Lipinski definition) is 4. The van der Waals surface area contributed by atoms with Gasteiger partial charge in [0.1, 0.15) is 0 Å². The zero-order valence-corrected chi connectivity index (χ0v) is 11.4. The van der Waals surface area contributed by atoms with Crippen molar-refractivity contribution in [3.63, 3.8) is 0 Å². The number of carbonyl (C=O) groups is 1. The van der Waals surface area contributed by atoms with Gasteiger partial charge in [-0.1, -0.05) is 13.0 Å². The predicted octanol–water partition coefficient (Wildman–Crippen LogP) is 1.03. The molecule has 0 heterocycles. The minimum atomic E-state index is -3.25. The molecule has 0 spiro atoms. The first-order chi connectivity index (χ1) is 8.43. The highest BCUT2D eigenvalue weighted by Crippen LogP contribution is 2.14. The fraction of sp³-hybridized carbons (Fsp3) is 0.417. The molecule has 0 fully saturated rings. The lowest BCUT2D eigenvalue weighted by Crippen LogP contribution is -2.28. The third-order valence-electron chi connectivity index (χ3n) is 2.26. The van der Waals surface area contributed by atoms with Crippen LogP contribution in [0.15, 0.2) is 29.2 Å². The van der Waals surface area contributed by atoms with E-state index in [0.717, 1.165) is 19.2 Å². The molecule has 2 N–H and O–H groups in total. The molecule has 6 heteroatoms. The maximum Gasteiger partial charge on any atom is 0.238 e. The Balaban J connectivity index is 2.65. The van der Waals surface area contributed by atoms with Gasteiger partial charge < -0.3 is 10.6 Å². The summed E-state index contributed by atoms with van der Waals surface area (Å²) in [5.41, 5.74) is 0.487. The highest BCUT2D eigenvalue weighted by molar-refractivity contribution is 7.90. The largest absolute Gasteiger partial charge is 0.325 e. The van der Waals surface area contributed by atoms with E-state index in [-0.39, 0.29) is 17.3 Å². The lowest BCUT2D eigenvalue weighted by molar-refractivity contribution is -0.115. The second-order valence-electron chi connectivity index (χ2n) is 4.02. The Morgan fingerprint density at radius 1 is 1.33 bits per heavy atom. The van der Waals surface area contributed by atoms with E-state index < -0.39 is 9.84 Å². The summed E-state index contributed by atoms with van der Waals surface area (Å²) in [5.74, 6) is -0.186. The number of sulfone groups is 1. The molecular formula is C12H18N2O3S. The monoisotopic (exact) mass is 270 g/mol. The predicted molar refractivity (Wildman–Crippen MR) is 71.3 cm³/mol. The Kier molecular flexibility index (Phi) is 5.30. The van der Waals surface area contributed by atoms with Crippen LogP contribution in [-0.4, -0.2) is 33.7 Å². The molecule has 0 atom stereocenters. The fourth-order valence-electron chi connectivity index (χ4n) is 1.39. The lowest BCUT2D eigenvalue weighted by Gasteiger charge is -2.07. The summed E-state index contributed by atoms with van der Waals surface area (Å²) in [6, 6.07) is 6.21. The number of hydrogen-bond donors (Lipinski definition) is 2. The summed E-state index contributed by atoms with van der Waals surface area (Å²) in [7, 11) is -3.25. The molecule has 0 aromatic heterocycles. The summed E-state index contributed by atoms with van der Waals surface area (Å²) < 4.78 is 22.7. The number of carbonyl (C=O) groups excluding carboxylic acids is 1. The maximum atomic E-state index is 11.5. The van der Waals surface area contributed by atoms with Crippen LogP contribution in [0.1, 0.15) is 13.3 Å². The van der Waals surface area contributed by atoms with E-state index >= 15 is 0 Å². The smallest absolute Gasteiger partial charge is 0.238 e. The fourth-order valence-corrected chi connectivity index (χ4v) is 2.06. The quantitative estimate of drug-likeness (QED) is 0.757. The summed E-state index contributed by atoms with van der Waals surface area (Å²) in [6.45, 7) is 3.01. The van der Waals surface area contributed by atoms with E-state index in [1.807, 2.05) is 6.92 Å². The SMILES string of the molecule is CCCNCC(=O)Nc1cccc(S(C)(=O)=O)c1. The molecule has 0 aliphatic carbocycles. The number of amides is 1. The number of benzene rings is 1. The molecule has 1 aromatic rings. The van der Waals surface area contributed by atoms with Gasteiger partial charge in [0.25, 0.3) is 0 Å². The van der Waals surface area contributed by atoms with Crippen molar-refractivity contribution in [2.24, 2.45) is 0 Å². The first-order valence-electron chi connectivity index (χ1n) is 5.74. The first-order valence-corrected chi connectivity index (χ1v) is 7.63. The van der Waals surface area contributed by atoms with Crippen LogP contribution in [-0.2, 0) is 14.6 Å². The van der Waals surface area contributed by atoms with Gasteiger partial charge >= 0.3 is 0 Å². The third-order valence-corrected chi connectivity index (χ3v) is 3.37. The Morgan fingerprint density at radius 3 is 2.67 bits per heavy atom. The van der Waals surface area contributed by atoms with Gasteiger partial charge in [0.05, 0.1) is 11.4 Å². The highest BCUT2D eigenvalue weighted by Gasteiger charge is 2.08.